The van der Waals surface area contributed by atoms with Crippen molar-refractivity contribution in [3.8, 4) is 0 Å². The van der Waals surface area contributed by atoms with Gasteiger partial charge in [0.25, 0.3) is 0 Å². The van der Waals surface area contributed by atoms with Crippen molar-refractivity contribution in [3.05, 3.63) is 0 Å². The fraction of sp³-hybridized carbons (Fsp3) is 1.00. The summed E-state index contributed by atoms with van der Waals surface area (Å²) >= 11 is 0. The van der Waals surface area contributed by atoms with E-state index in [1.807, 2.05) is 0 Å². The van der Waals surface area contributed by atoms with Crippen molar-refractivity contribution in [1.29, 1.82) is 0 Å². The first-order valence-corrected chi connectivity index (χ1v) is 3.14. The van der Waals surface area contributed by atoms with Gasteiger partial charge in [-0.2, -0.15) is 5.53 Å². The van der Waals surface area contributed by atoms with Crippen LogP contribution in [-0.4, -0.2) is 6.04 Å². The second-order valence-electron chi connectivity index (χ2n) is 2.27. The minimum atomic E-state index is 0.625. The Bertz CT molecular complexity index is 58.7. The Morgan fingerprint density at radius 3 is 2.38 bits per heavy atom. The lowest BCUT2D eigenvalue weighted by atomic mass is 10.3. The molecule has 0 aromatic rings. The average molecular weight is 115 g/mol. The summed E-state index contributed by atoms with van der Waals surface area (Å²) in [6, 6.07) is 0.625. The van der Waals surface area contributed by atoms with E-state index in [2.05, 4.69) is 11.0 Å². The van der Waals surface area contributed by atoms with Crippen LogP contribution in [-0.2, 0) is 0 Å². The van der Waals surface area contributed by atoms with Gasteiger partial charge in [-0.25, -0.2) is 5.43 Å². The molecule has 48 valence electrons. The monoisotopic (exact) mass is 115 g/mol. The number of hydrogen-bond acceptors (Lipinski definition) is 3. The van der Waals surface area contributed by atoms with Gasteiger partial charge < -0.3 is 0 Å². The molecule has 0 amide bonds. The molecule has 1 aliphatic carbocycles. The minimum Gasteiger partial charge on any atom is -0.258 e. The molecular formula is C5H13N3. The first kappa shape index (κ1) is 6.01. The second-order valence-corrected chi connectivity index (χ2v) is 2.27. The molecule has 0 aliphatic heterocycles. The van der Waals surface area contributed by atoms with Crippen LogP contribution in [0.2, 0.25) is 0 Å². The Hall–Kier alpha value is -0.120. The van der Waals surface area contributed by atoms with E-state index in [1.165, 1.54) is 25.7 Å². The van der Waals surface area contributed by atoms with Crippen LogP contribution in [0, 0.1) is 0 Å². The van der Waals surface area contributed by atoms with Crippen molar-refractivity contribution in [2.75, 3.05) is 0 Å². The van der Waals surface area contributed by atoms with Crippen molar-refractivity contribution < 1.29 is 0 Å². The van der Waals surface area contributed by atoms with E-state index in [1.54, 1.807) is 0 Å². The third kappa shape index (κ3) is 1.43. The third-order valence-corrected chi connectivity index (χ3v) is 1.64. The highest BCUT2D eigenvalue weighted by molar-refractivity contribution is 4.70. The predicted octanol–water partition coefficient (Wildman–Crippen LogP) is -0.103. The van der Waals surface area contributed by atoms with Crippen LogP contribution in [0.5, 0.6) is 0 Å². The lowest BCUT2D eigenvalue weighted by molar-refractivity contribution is 0.444. The van der Waals surface area contributed by atoms with Crippen LogP contribution in [0.4, 0.5) is 0 Å². The van der Waals surface area contributed by atoms with E-state index < -0.39 is 0 Å². The summed E-state index contributed by atoms with van der Waals surface area (Å²) < 4.78 is 0. The van der Waals surface area contributed by atoms with Gasteiger partial charge in [-0.1, -0.05) is 12.8 Å². The van der Waals surface area contributed by atoms with Crippen LogP contribution in [0.25, 0.3) is 0 Å². The smallest absolute Gasteiger partial charge is 0.0226 e. The molecule has 3 nitrogen and oxygen atoms in total. The molecule has 0 radical (unpaired) electrons. The van der Waals surface area contributed by atoms with Gasteiger partial charge in [0.15, 0.2) is 0 Å². The van der Waals surface area contributed by atoms with Gasteiger partial charge in [-0.05, 0) is 12.8 Å². The van der Waals surface area contributed by atoms with Crippen molar-refractivity contribution in [2.24, 2.45) is 5.84 Å². The normalized spacial score (nSPS) is 22.1. The van der Waals surface area contributed by atoms with Gasteiger partial charge in [0, 0.05) is 6.04 Å². The lowest BCUT2D eigenvalue weighted by Crippen LogP contribution is -2.43. The van der Waals surface area contributed by atoms with Crippen LogP contribution in [0.1, 0.15) is 25.7 Å². The molecular weight excluding hydrogens is 102 g/mol. The Morgan fingerprint density at radius 1 is 1.25 bits per heavy atom. The fourth-order valence-corrected chi connectivity index (χ4v) is 1.19. The molecule has 0 bridgehead atoms. The Labute approximate surface area is 49.6 Å². The molecule has 8 heavy (non-hydrogen) atoms. The third-order valence-electron chi connectivity index (χ3n) is 1.64. The summed E-state index contributed by atoms with van der Waals surface area (Å²) in [7, 11) is 0. The zero-order valence-corrected chi connectivity index (χ0v) is 4.98. The van der Waals surface area contributed by atoms with Crippen molar-refractivity contribution in [2.45, 2.75) is 31.7 Å². The van der Waals surface area contributed by atoms with Gasteiger partial charge in [0.2, 0.25) is 0 Å². The largest absolute Gasteiger partial charge is 0.258 e. The first-order chi connectivity index (χ1) is 3.93. The number of rotatable bonds is 2. The Morgan fingerprint density at radius 2 is 1.88 bits per heavy atom. The summed E-state index contributed by atoms with van der Waals surface area (Å²) in [5.74, 6) is 5.05. The molecule has 3 heteroatoms. The number of hydrazine groups is 2. The molecule has 1 saturated carbocycles. The van der Waals surface area contributed by atoms with Gasteiger partial charge in [0.1, 0.15) is 0 Å². The highest BCUT2D eigenvalue weighted by atomic mass is 15.5. The molecule has 0 heterocycles. The summed E-state index contributed by atoms with van der Waals surface area (Å²) in [6.45, 7) is 0. The molecule has 0 spiro atoms. The molecule has 1 aliphatic rings. The minimum absolute atomic E-state index is 0.625. The summed E-state index contributed by atoms with van der Waals surface area (Å²) in [4.78, 5) is 0. The van der Waals surface area contributed by atoms with Crippen LogP contribution >= 0.6 is 0 Å². The maximum Gasteiger partial charge on any atom is 0.0226 e. The van der Waals surface area contributed by atoms with Gasteiger partial charge in [-0.3, -0.25) is 5.84 Å². The Kier molecular flexibility index (Phi) is 2.27. The molecule has 1 fully saturated rings. The van der Waals surface area contributed by atoms with E-state index in [4.69, 9.17) is 5.84 Å². The highest BCUT2D eigenvalue weighted by Gasteiger charge is 2.12. The van der Waals surface area contributed by atoms with Crippen molar-refractivity contribution in [1.82, 2.24) is 11.0 Å². The van der Waals surface area contributed by atoms with Gasteiger partial charge >= 0.3 is 0 Å². The molecule has 1 rings (SSSR count). The standard InChI is InChI=1S/C5H13N3/c6-8-7-5-3-1-2-4-5/h5,7-8H,1-4,6H2. The van der Waals surface area contributed by atoms with E-state index in [9.17, 15) is 0 Å². The SMILES string of the molecule is NNNC1CCCC1. The average Bonchev–Trinajstić information content (AvgIpc) is 2.19. The van der Waals surface area contributed by atoms with Crippen LogP contribution < -0.4 is 16.8 Å². The number of nitrogens with one attached hydrogen (secondary N) is 2. The maximum absolute atomic E-state index is 5.05. The molecule has 0 aromatic carbocycles. The van der Waals surface area contributed by atoms with Gasteiger partial charge in [-0.15, -0.1) is 0 Å². The van der Waals surface area contributed by atoms with E-state index >= 15 is 0 Å². The van der Waals surface area contributed by atoms with Crippen LogP contribution in [0.3, 0.4) is 0 Å². The zero-order valence-electron chi connectivity index (χ0n) is 4.98. The predicted molar refractivity (Wildman–Crippen MR) is 32.7 cm³/mol. The highest BCUT2D eigenvalue weighted by Crippen LogP contribution is 2.16. The van der Waals surface area contributed by atoms with E-state index in [0.717, 1.165) is 0 Å². The quantitative estimate of drug-likeness (QED) is 0.348. The summed E-state index contributed by atoms with van der Waals surface area (Å²) in [5, 5.41) is 0. The second kappa shape index (κ2) is 3.02. The van der Waals surface area contributed by atoms with Crippen molar-refractivity contribution >= 4 is 0 Å². The van der Waals surface area contributed by atoms with Crippen molar-refractivity contribution in [3.63, 3.8) is 0 Å². The molecule has 4 N–H and O–H groups in total. The van der Waals surface area contributed by atoms with E-state index in [0.29, 0.717) is 6.04 Å². The lowest BCUT2D eigenvalue weighted by Gasteiger charge is -2.07. The fourth-order valence-electron chi connectivity index (χ4n) is 1.19. The first-order valence-electron chi connectivity index (χ1n) is 3.14. The summed E-state index contributed by atoms with van der Waals surface area (Å²) in [5.41, 5.74) is 5.43. The number of nitrogens with two attached hydrogens (primary N) is 1. The topological polar surface area (TPSA) is 50.1 Å². The number of hydrogen-bond donors (Lipinski definition) is 3. The molecule has 0 atom stereocenters. The Balaban J connectivity index is 2.06. The van der Waals surface area contributed by atoms with Gasteiger partial charge in [0.05, 0.1) is 0 Å². The molecule has 0 unspecified atom stereocenters. The maximum atomic E-state index is 5.05. The summed E-state index contributed by atoms with van der Waals surface area (Å²) in [6.07, 6.45) is 5.23. The molecule has 0 aromatic heterocycles. The molecule has 0 saturated heterocycles. The van der Waals surface area contributed by atoms with Crippen LogP contribution in [0.15, 0.2) is 0 Å². The zero-order chi connectivity index (χ0) is 5.82. The van der Waals surface area contributed by atoms with E-state index in [-0.39, 0.29) is 0 Å².